The number of carbonyl (C=O) groups is 1. The van der Waals surface area contributed by atoms with Crippen LogP contribution < -0.4 is 5.43 Å². The number of hydrazone groups is 1. The Morgan fingerprint density at radius 1 is 1.44 bits per heavy atom. The standard InChI is InChI=1S/C14H13BrN2O/c15-11-5-1-4-10(7-11)14(18)17-16-13-8-9-3-2-6-12(9)13/h1-5,7,9,12H,6,8H2,(H,17,18)/b16-13-. The lowest BCUT2D eigenvalue weighted by Crippen LogP contribution is -2.35. The fraction of sp³-hybridized carbons (Fsp3) is 0.286. The van der Waals surface area contributed by atoms with E-state index < -0.39 is 0 Å². The summed E-state index contributed by atoms with van der Waals surface area (Å²) in [6, 6.07) is 7.30. The number of rotatable bonds is 2. The topological polar surface area (TPSA) is 41.5 Å². The minimum absolute atomic E-state index is 0.154. The number of hydrogen-bond donors (Lipinski definition) is 1. The molecule has 1 saturated carbocycles. The Morgan fingerprint density at radius 3 is 3.11 bits per heavy atom. The molecule has 0 radical (unpaired) electrons. The number of hydrogen-bond acceptors (Lipinski definition) is 2. The maximum absolute atomic E-state index is 11.9. The number of amides is 1. The molecule has 1 N–H and O–H groups in total. The van der Waals surface area contributed by atoms with E-state index in [1.54, 1.807) is 12.1 Å². The zero-order valence-electron chi connectivity index (χ0n) is 9.77. The van der Waals surface area contributed by atoms with Gasteiger partial charge in [0.2, 0.25) is 0 Å². The van der Waals surface area contributed by atoms with E-state index in [4.69, 9.17) is 0 Å². The van der Waals surface area contributed by atoms with Crippen LogP contribution in [0.5, 0.6) is 0 Å². The summed E-state index contributed by atoms with van der Waals surface area (Å²) in [5, 5.41) is 4.24. The lowest BCUT2D eigenvalue weighted by molar-refractivity contribution is 0.0954. The van der Waals surface area contributed by atoms with E-state index in [1.807, 2.05) is 12.1 Å². The molecule has 1 aromatic carbocycles. The number of benzene rings is 1. The minimum atomic E-state index is -0.154. The van der Waals surface area contributed by atoms with Gasteiger partial charge in [-0.1, -0.05) is 34.1 Å². The number of nitrogens with zero attached hydrogens (tertiary/aromatic N) is 1. The molecule has 2 aliphatic rings. The quantitative estimate of drug-likeness (QED) is 0.662. The molecule has 3 nitrogen and oxygen atoms in total. The van der Waals surface area contributed by atoms with Crippen LogP contribution in [-0.2, 0) is 0 Å². The highest BCUT2D eigenvalue weighted by Gasteiger charge is 2.37. The summed E-state index contributed by atoms with van der Waals surface area (Å²) in [6.45, 7) is 0. The number of nitrogens with one attached hydrogen (secondary N) is 1. The smallest absolute Gasteiger partial charge is 0.267 e. The van der Waals surface area contributed by atoms with Crippen LogP contribution in [0.2, 0.25) is 0 Å². The molecule has 2 aliphatic carbocycles. The van der Waals surface area contributed by atoms with Crippen LogP contribution in [-0.4, -0.2) is 11.6 Å². The zero-order chi connectivity index (χ0) is 12.5. The molecule has 0 aliphatic heterocycles. The predicted molar refractivity (Wildman–Crippen MR) is 74.4 cm³/mol. The van der Waals surface area contributed by atoms with E-state index in [2.05, 4.69) is 38.6 Å². The van der Waals surface area contributed by atoms with Crippen molar-refractivity contribution >= 4 is 27.5 Å². The Labute approximate surface area is 114 Å². The first-order valence-electron chi connectivity index (χ1n) is 6.03. The van der Waals surface area contributed by atoms with Gasteiger partial charge in [-0.15, -0.1) is 0 Å². The second kappa shape index (κ2) is 4.69. The van der Waals surface area contributed by atoms with Gasteiger partial charge in [0.05, 0.1) is 0 Å². The van der Waals surface area contributed by atoms with Crippen LogP contribution in [0, 0.1) is 11.8 Å². The van der Waals surface area contributed by atoms with E-state index in [-0.39, 0.29) is 5.91 Å². The van der Waals surface area contributed by atoms with Crippen LogP contribution in [0.4, 0.5) is 0 Å². The molecule has 2 atom stereocenters. The molecular formula is C14H13BrN2O. The van der Waals surface area contributed by atoms with Crippen molar-refractivity contribution in [2.45, 2.75) is 12.8 Å². The second-order valence-corrected chi connectivity index (χ2v) is 5.61. The summed E-state index contributed by atoms with van der Waals surface area (Å²) in [6.07, 6.45) is 6.50. The first kappa shape index (κ1) is 11.7. The highest BCUT2D eigenvalue weighted by Crippen LogP contribution is 2.40. The lowest BCUT2D eigenvalue weighted by atomic mass is 9.74. The highest BCUT2D eigenvalue weighted by molar-refractivity contribution is 9.10. The predicted octanol–water partition coefficient (Wildman–Crippen LogP) is 3.13. The Balaban J connectivity index is 1.64. The summed E-state index contributed by atoms with van der Waals surface area (Å²) in [5.74, 6) is 1.04. The summed E-state index contributed by atoms with van der Waals surface area (Å²) in [4.78, 5) is 11.9. The molecule has 0 saturated heterocycles. The van der Waals surface area contributed by atoms with Gasteiger partial charge in [-0.05, 0) is 37.0 Å². The number of carbonyl (C=O) groups excluding carboxylic acids is 1. The van der Waals surface area contributed by atoms with Gasteiger partial charge in [-0.25, -0.2) is 5.43 Å². The summed E-state index contributed by atoms with van der Waals surface area (Å²) >= 11 is 3.35. The van der Waals surface area contributed by atoms with Crippen molar-refractivity contribution in [1.82, 2.24) is 5.43 Å². The molecule has 1 amide bonds. The monoisotopic (exact) mass is 304 g/mol. The van der Waals surface area contributed by atoms with Crippen molar-refractivity contribution in [3.05, 3.63) is 46.5 Å². The van der Waals surface area contributed by atoms with Crippen LogP contribution in [0.15, 0.2) is 46.0 Å². The summed E-state index contributed by atoms with van der Waals surface area (Å²) < 4.78 is 0.895. The van der Waals surface area contributed by atoms with Gasteiger partial charge in [-0.2, -0.15) is 5.10 Å². The molecule has 2 unspecified atom stereocenters. The fourth-order valence-corrected chi connectivity index (χ4v) is 2.88. The van der Waals surface area contributed by atoms with Crippen molar-refractivity contribution < 1.29 is 4.79 Å². The highest BCUT2D eigenvalue weighted by atomic mass is 79.9. The Morgan fingerprint density at radius 2 is 2.33 bits per heavy atom. The van der Waals surface area contributed by atoms with Gasteiger partial charge >= 0.3 is 0 Å². The molecule has 0 spiro atoms. The molecule has 18 heavy (non-hydrogen) atoms. The molecule has 4 heteroatoms. The van der Waals surface area contributed by atoms with E-state index in [0.29, 0.717) is 17.4 Å². The Hall–Kier alpha value is -1.42. The van der Waals surface area contributed by atoms with E-state index in [9.17, 15) is 4.79 Å². The molecule has 92 valence electrons. The van der Waals surface area contributed by atoms with Crippen LogP contribution in [0.25, 0.3) is 0 Å². The molecule has 0 aromatic heterocycles. The molecular weight excluding hydrogens is 292 g/mol. The molecule has 0 bridgehead atoms. The van der Waals surface area contributed by atoms with Crippen molar-refractivity contribution in [3.63, 3.8) is 0 Å². The zero-order valence-corrected chi connectivity index (χ0v) is 11.4. The van der Waals surface area contributed by atoms with Crippen molar-refractivity contribution in [3.8, 4) is 0 Å². The lowest BCUT2D eigenvalue weighted by Gasteiger charge is -2.31. The average molecular weight is 305 g/mol. The van der Waals surface area contributed by atoms with Gasteiger partial charge in [0.1, 0.15) is 0 Å². The Kier molecular flexibility index (Phi) is 3.04. The number of halogens is 1. The van der Waals surface area contributed by atoms with E-state index in [1.165, 1.54) is 0 Å². The van der Waals surface area contributed by atoms with Gasteiger partial charge in [0.15, 0.2) is 0 Å². The largest absolute Gasteiger partial charge is 0.271 e. The SMILES string of the molecule is O=C(N/N=C1/CC2C=CCC12)c1cccc(Br)c1. The average Bonchev–Trinajstić information content (AvgIpc) is 2.71. The van der Waals surface area contributed by atoms with Crippen LogP contribution >= 0.6 is 15.9 Å². The van der Waals surface area contributed by atoms with Gasteiger partial charge in [0, 0.05) is 21.7 Å². The molecule has 1 fully saturated rings. The second-order valence-electron chi connectivity index (χ2n) is 4.69. The van der Waals surface area contributed by atoms with E-state index >= 15 is 0 Å². The third-order valence-electron chi connectivity index (χ3n) is 3.55. The summed E-state index contributed by atoms with van der Waals surface area (Å²) in [5.41, 5.74) is 4.38. The maximum atomic E-state index is 11.9. The first-order chi connectivity index (χ1) is 8.74. The number of allylic oxidation sites excluding steroid dienone is 2. The normalized spacial score (nSPS) is 26.8. The van der Waals surface area contributed by atoms with Crippen molar-refractivity contribution in [2.24, 2.45) is 16.9 Å². The van der Waals surface area contributed by atoms with Crippen molar-refractivity contribution in [1.29, 1.82) is 0 Å². The van der Waals surface area contributed by atoms with E-state index in [0.717, 1.165) is 23.0 Å². The Bertz CT molecular complexity index is 550. The third kappa shape index (κ3) is 2.12. The molecule has 0 heterocycles. The van der Waals surface area contributed by atoms with Gasteiger partial charge in [-0.3, -0.25) is 4.79 Å². The van der Waals surface area contributed by atoms with Gasteiger partial charge < -0.3 is 0 Å². The van der Waals surface area contributed by atoms with Crippen LogP contribution in [0.1, 0.15) is 23.2 Å². The van der Waals surface area contributed by atoms with Crippen molar-refractivity contribution in [2.75, 3.05) is 0 Å². The fourth-order valence-electron chi connectivity index (χ4n) is 2.48. The van der Waals surface area contributed by atoms with Crippen LogP contribution in [0.3, 0.4) is 0 Å². The summed E-state index contributed by atoms with van der Waals surface area (Å²) in [7, 11) is 0. The maximum Gasteiger partial charge on any atom is 0.271 e. The first-order valence-corrected chi connectivity index (χ1v) is 6.82. The molecule has 1 aromatic rings. The van der Waals surface area contributed by atoms with Gasteiger partial charge in [0.25, 0.3) is 5.91 Å². The minimum Gasteiger partial charge on any atom is -0.267 e. The third-order valence-corrected chi connectivity index (χ3v) is 4.04. The molecule has 3 rings (SSSR count). The number of fused-ring (bicyclic) bond motifs is 1.